The predicted molar refractivity (Wildman–Crippen MR) is 239 cm³/mol. The van der Waals surface area contributed by atoms with Crippen molar-refractivity contribution in [1.29, 1.82) is 0 Å². The number of carboxylic acid groups (broad SMARTS) is 1. The number of para-hydroxylation sites is 1. The third kappa shape index (κ3) is 9.71. The highest BCUT2D eigenvalue weighted by molar-refractivity contribution is 7.89. The molecule has 2 unspecified atom stereocenters. The Labute approximate surface area is 385 Å². The maximum atomic E-state index is 13.9. The van der Waals surface area contributed by atoms with Gasteiger partial charge in [0.25, 0.3) is 17.7 Å². The van der Waals surface area contributed by atoms with Gasteiger partial charge in [0.05, 0.1) is 30.7 Å². The normalized spacial score (nSPS) is 18.4. The lowest BCUT2D eigenvalue weighted by Gasteiger charge is -2.27. The summed E-state index contributed by atoms with van der Waals surface area (Å²) in [4.78, 5) is 76.6. The van der Waals surface area contributed by atoms with Crippen LogP contribution in [0.25, 0.3) is 11.0 Å². The molecule has 19 nitrogen and oxygen atoms in total. The smallest absolute Gasteiger partial charge is 0.304 e. The Hall–Kier alpha value is -7.19. The van der Waals surface area contributed by atoms with Crippen LogP contribution in [-0.4, -0.2) is 112 Å². The van der Waals surface area contributed by atoms with Gasteiger partial charge in [-0.15, -0.1) is 5.10 Å². The monoisotopic (exact) mass is 935 g/mol. The van der Waals surface area contributed by atoms with Crippen molar-refractivity contribution in [3.8, 4) is 17.2 Å². The van der Waals surface area contributed by atoms with Crippen LogP contribution in [0.3, 0.4) is 0 Å². The number of carbonyl (C=O) groups excluding carboxylic acids is 5. The second-order valence-corrected chi connectivity index (χ2v) is 18.7. The summed E-state index contributed by atoms with van der Waals surface area (Å²) in [7, 11) is -2.19. The molecule has 5 amide bonds. The molecule has 3 N–H and O–H groups in total. The molecule has 8 rings (SSSR count). The number of benzene rings is 4. The fraction of sp³-hybridized carbons (Fsp3) is 0.362. The molecule has 350 valence electrons. The van der Waals surface area contributed by atoms with Crippen LogP contribution in [0.2, 0.25) is 0 Å². The number of aryl methyl sites for hydroxylation is 2. The van der Waals surface area contributed by atoms with Crippen molar-refractivity contribution in [3.05, 3.63) is 106 Å². The number of carbonyl (C=O) groups is 6. The van der Waals surface area contributed by atoms with E-state index in [0.717, 1.165) is 16.0 Å². The number of carboxylic acids is 1. The van der Waals surface area contributed by atoms with Gasteiger partial charge in [-0.2, -0.15) is 4.31 Å². The lowest BCUT2D eigenvalue weighted by atomic mass is 9.86. The molecule has 67 heavy (non-hydrogen) atoms. The standard InChI is InChI=1S/C47H49N7O12S/c1-27-14-15-29(20-31(27)25-53-24-28(2)66-36-11-5-6-13-39(36)67(53,62)63)33(23-42(57)58)30-21-34-44(52(3)51-50-34)38(22-30)64-19-8-4-7-18-48-41(56)26-65-37-12-9-10-32-43(37)47(61)54(46(32)60)35-16-17-40(55)49-45(35)59/h5-6,9-15,20-22,28,33,35H,4,7-8,16-19,23-26H2,1-3H3,(H,48,56)(H,57,58)(H,49,55,59)/t28-,33?,35?/m1/s1. The molecule has 3 aliphatic rings. The number of sulfonamides is 1. The summed E-state index contributed by atoms with van der Waals surface area (Å²) in [6.45, 7) is 4.05. The molecular weight excluding hydrogens is 887 g/mol. The molecule has 0 saturated carbocycles. The minimum Gasteiger partial charge on any atom is -0.491 e. The van der Waals surface area contributed by atoms with Crippen LogP contribution < -0.4 is 24.8 Å². The van der Waals surface area contributed by atoms with E-state index in [9.17, 15) is 42.3 Å². The highest BCUT2D eigenvalue weighted by atomic mass is 32.2. The Morgan fingerprint density at radius 1 is 0.955 bits per heavy atom. The molecule has 1 saturated heterocycles. The van der Waals surface area contributed by atoms with Gasteiger partial charge in [0.1, 0.15) is 45.3 Å². The summed E-state index contributed by atoms with van der Waals surface area (Å²) in [6.07, 6.45) is 1.19. The van der Waals surface area contributed by atoms with E-state index in [1.54, 1.807) is 42.1 Å². The number of hydrogen-bond donors (Lipinski definition) is 3. The number of aromatic nitrogens is 3. The number of unbranched alkanes of at least 4 members (excludes halogenated alkanes) is 2. The Bertz CT molecular complexity index is 2920. The van der Waals surface area contributed by atoms with Gasteiger partial charge >= 0.3 is 5.97 Å². The number of nitrogens with one attached hydrogen (secondary N) is 2. The number of nitrogens with zero attached hydrogens (tertiary/aromatic N) is 5. The number of imide groups is 2. The lowest BCUT2D eigenvalue weighted by Crippen LogP contribution is -2.54. The van der Waals surface area contributed by atoms with Gasteiger partial charge in [0.2, 0.25) is 21.8 Å². The quantitative estimate of drug-likeness (QED) is 0.0882. The fourth-order valence-corrected chi connectivity index (χ4v) is 10.3. The minimum absolute atomic E-state index is 0.0109. The topological polar surface area (TPSA) is 246 Å². The fourth-order valence-electron chi connectivity index (χ4n) is 8.66. The predicted octanol–water partition coefficient (Wildman–Crippen LogP) is 4.00. The average Bonchev–Trinajstić information content (AvgIpc) is 3.76. The molecule has 1 fully saturated rings. The number of rotatable bonds is 17. The zero-order valence-corrected chi connectivity index (χ0v) is 37.8. The second kappa shape index (κ2) is 19.3. The van der Waals surface area contributed by atoms with Gasteiger partial charge in [-0.25, -0.2) is 13.1 Å². The maximum Gasteiger partial charge on any atom is 0.304 e. The summed E-state index contributed by atoms with van der Waals surface area (Å²) < 4.78 is 48.7. The van der Waals surface area contributed by atoms with Gasteiger partial charge in [-0.05, 0) is 98.2 Å². The molecule has 3 aliphatic heterocycles. The molecule has 0 aliphatic carbocycles. The lowest BCUT2D eigenvalue weighted by molar-refractivity contribution is -0.138. The highest BCUT2D eigenvalue weighted by Crippen LogP contribution is 2.38. The molecular formula is C47H49N7O12S. The zero-order valence-electron chi connectivity index (χ0n) is 37.0. The van der Waals surface area contributed by atoms with Crippen LogP contribution >= 0.6 is 0 Å². The molecule has 3 atom stereocenters. The maximum absolute atomic E-state index is 13.9. The summed E-state index contributed by atoms with van der Waals surface area (Å²) in [6, 6.07) is 19.0. The van der Waals surface area contributed by atoms with Crippen LogP contribution in [0.15, 0.2) is 77.7 Å². The van der Waals surface area contributed by atoms with E-state index in [2.05, 4.69) is 20.9 Å². The zero-order chi connectivity index (χ0) is 47.6. The molecule has 0 radical (unpaired) electrons. The van der Waals surface area contributed by atoms with E-state index in [1.807, 2.05) is 32.0 Å². The van der Waals surface area contributed by atoms with Crippen molar-refractivity contribution >= 4 is 56.6 Å². The molecule has 20 heteroatoms. The van der Waals surface area contributed by atoms with E-state index in [0.29, 0.717) is 59.5 Å². The number of piperidine rings is 1. The highest BCUT2D eigenvalue weighted by Gasteiger charge is 2.46. The molecule has 0 spiro atoms. The third-order valence-electron chi connectivity index (χ3n) is 12.0. The molecule has 5 aromatic rings. The first-order valence-electron chi connectivity index (χ1n) is 21.9. The summed E-state index contributed by atoms with van der Waals surface area (Å²) >= 11 is 0. The number of amides is 5. The molecule has 4 heterocycles. The van der Waals surface area contributed by atoms with Gasteiger partial charge in [0, 0.05) is 32.5 Å². The summed E-state index contributed by atoms with van der Waals surface area (Å²) in [5.41, 5.74) is 3.99. The minimum atomic E-state index is -3.92. The number of hydrogen-bond acceptors (Lipinski definition) is 13. The van der Waals surface area contributed by atoms with Crippen LogP contribution in [0, 0.1) is 6.92 Å². The van der Waals surface area contributed by atoms with E-state index in [4.69, 9.17) is 14.2 Å². The summed E-state index contributed by atoms with van der Waals surface area (Å²) in [5.74, 6) is -3.97. The van der Waals surface area contributed by atoms with Crippen molar-refractivity contribution in [2.45, 2.75) is 81.9 Å². The first-order chi connectivity index (χ1) is 32.1. The Kier molecular flexibility index (Phi) is 13.4. The van der Waals surface area contributed by atoms with Gasteiger partial charge in [-0.3, -0.25) is 39.0 Å². The SMILES string of the molecule is Cc1ccc(C(CC(=O)O)c2cc(OCCCCCNC(=O)COc3cccc4c3C(=O)N(C3CCC(=O)NC3=O)C4=O)c3c(c2)nnn3C)cc1CN1C[C@@H](C)Oc2ccccc2S1(=O)=O. The van der Waals surface area contributed by atoms with E-state index in [1.165, 1.54) is 28.6 Å². The Balaban J connectivity index is 0.876. The number of aliphatic carboxylic acids is 1. The van der Waals surface area contributed by atoms with Crippen molar-refractivity contribution in [1.82, 2.24) is 34.8 Å². The van der Waals surface area contributed by atoms with Crippen LogP contribution in [0.4, 0.5) is 0 Å². The van der Waals surface area contributed by atoms with Crippen LogP contribution in [-0.2, 0) is 42.8 Å². The molecule has 0 bridgehead atoms. The molecule has 1 aromatic heterocycles. The van der Waals surface area contributed by atoms with E-state index in [-0.39, 0.29) is 60.7 Å². The first-order valence-corrected chi connectivity index (χ1v) is 23.3. The summed E-state index contributed by atoms with van der Waals surface area (Å²) in [5, 5.41) is 23.6. The first kappa shape index (κ1) is 46.3. The van der Waals surface area contributed by atoms with E-state index >= 15 is 0 Å². The van der Waals surface area contributed by atoms with Gasteiger partial charge in [0.15, 0.2) is 6.61 Å². The number of fused-ring (bicyclic) bond motifs is 3. The largest absolute Gasteiger partial charge is 0.491 e. The number of ether oxygens (including phenoxy) is 3. The van der Waals surface area contributed by atoms with Crippen molar-refractivity contribution in [2.75, 3.05) is 26.3 Å². The van der Waals surface area contributed by atoms with Crippen molar-refractivity contribution in [2.24, 2.45) is 7.05 Å². The Morgan fingerprint density at radius 2 is 1.76 bits per heavy atom. The average molecular weight is 936 g/mol. The van der Waals surface area contributed by atoms with Crippen LogP contribution in [0.5, 0.6) is 17.2 Å². The van der Waals surface area contributed by atoms with Crippen molar-refractivity contribution in [3.63, 3.8) is 0 Å². The van der Waals surface area contributed by atoms with Gasteiger partial charge in [-0.1, -0.05) is 41.6 Å². The second-order valence-electron chi connectivity index (χ2n) is 16.8. The van der Waals surface area contributed by atoms with Gasteiger partial charge < -0.3 is 24.6 Å². The van der Waals surface area contributed by atoms with Crippen molar-refractivity contribution < 1.29 is 56.5 Å². The van der Waals surface area contributed by atoms with E-state index < -0.39 is 70.2 Å². The Morgan fingerprint density at radius 3 is 2.55 bits per heavy atom. The van der Waals surface area contributed by atoms with Crippen LogP contribution in [0.1, 0.15) is 94.3 Å². The molecule has 4 aromatic carbocycles. The third-order valence-corrected chi connectivity index (χ3v) is 13.9.